The predicted molar refractivity (Wildman–Crippen MR) is 180 cm³/mol. The molecule has 0 aliphatic carbocycles. The van der Waals surface area contributed by atoms with Crippen LogP contribution in [0.3, 0.4) is 0 Å². The van der Waals surface area contributed by atoms with E-state index in [1.165, 1.54) is 6.92 Å². The standard InChI is InChI=1S/C32H55N4O4S2/c1-7-19-41(5)21-15-26(25(3)37)23-31(39)29(14-10-12-18-34)36-32(40)27(16-22-42(6)20-8-2)24-30(38)28(35-4)13-9-11-17-33/h1-2,26-29,35H,9-24,33-34H2,3-6H3/q+1/p+1/t26-,27-,28+,29+,41?,42?/m1/s1. The number of rotatable bonds is 26. The SMILES string of the molecule is C#CC[S+](C)CC[C@H](CC(=O)[C@H](CCCCN)NC(=O)[C@H](CC[S+](C)CC#C)CC(=O)[C@H](CCCCN)NC)C(C)=O. The molecule has 0 aliphatic rings. The summed E-state index contributed by atoms with van der Waals surface area (Å²) in [6.45, 7) is 2.57. The molecule has 1 amide bonds. The highest BCUT2D eigenvalue weighted by Crippen LogP contribution is 2.19. The van der Waals surface area contributed by atoms with E-state index in [-0.39, 0.29) is 63.9 Å². The van der Waals surface area contributed by atoms with Crippen molar-refractivity contribution in [3.63, 3.8) is 0 Å². The maximum atomic E-state index is 13.7. The van der Waals surface area contributed by atoms with Crippen LogP contribution in [0.15, 0.2) is 0 Å². The number of carbonyl (C=O) groups excluding carboxylic acids is 4. The van der Waals surface area contributed by atoms with Crippen molar-refractivity contribution in [2.75, 3.05) is 55.7 Å². The number of unbranched alkanes of at least 4 members (excludes halogenated alkanes) is 2. The van der Waals surface area contributed by atoms with Gasteiger partial charge in [0, 0.05) is 37.5 Å². The second-order valence-corrected chi connectivity index (χ2v) is 15.6. The van der Waals surface area contributed by atoms with Gasteiger partial charge in [-0.2, -0.15) is 0 Å². The Morgan fingerprint density at radius 2 is 1.19 bits per heavy atom. The highest BCUT2D eigenvalue weighted by molar-refractivity contribution is 7.96. The van der Waals surface area contributed by atoms with E-state index in [1.807, 2.05) is 0 Å². The lowest BCUT2D eigenvalue weighted by atomic mass is 9.90. The molecule has 6 N–H and O–H groups in total. The Morgan fingerprint density at radius 3 is 1.64 bits per heavy atom. The van der Waals surface area contributed by atoms with E-state index in [9.17, 15) is 19.2 Å². The van der Waals surface area contributed by atoms with Crippen molar-refractivity contribution in [2.24, 2.45) is 23.3 Å². The largest absolute Gasteiger partial charge is 0.346 e. The van der Waals surface area contributed by atoms with Gasteiger partial charge in [0.05, 0.1) is 24.6 Å². The summed E-state index contributed by atoms with van der Waals surface area (Å²) in [5, 5.41) is 6.07. The van der Waals surface area contributed by atoms with Gasteiger partial charge in [-0.25, -0.2) is 0 Å². The molecule has 0 saturated heterocycles. The minimum atomic E-state index is -0.732. The van der Waals surface area contributed by atoms with Crippen LogP contribution >= 0.6 is 0 Å². The average Bonchev–Trinajstić information content (AvgIpc) is 2.94. The lowest BCUT2D eigenvalue weighted by Gasteiger charge is -2.24. The zero-order valence-corrected chi connectivity index (χ0v) is 28.0. The number of terminal acetylenes is 2. The minimum absolute atomic E-state index is 0.0141. The van der Waals surface area contributed by atoms with Crippen LogP contribution in [0.5, 0.6) is 0 Å². The third-order valence-electron chi connectivity index (χ3n) is 7.47. The zero-order valence-electron chi connectivity index (χ0n) is 26.4. The van der Waals surface area contributed by atoms with Crippen LogP contribution in [-0.2, 0) is 41.0 Å². The normalized spacial score (nSPS) is 15.3. The summed E-state index contributed by atoms with van der Waals surface area (Å²) in [7, 11) is 1.66. The fourth-order valence-corrected chi connectivity index (χ4v) is 6.95. The molecule has 0 heterocycles. The zero-order chi connectivity index (χ0) is 31.9. The first-order valence-electron chi connectivity index (χ1n) is 15.0. The first-order valence-corrected chi connectivity index (χ1v) is 19.0. The third-order valence-corrected chi connectivity index (χ3v) is 10.7. The molecule has 238 valence electrons. The number of nitrogens with two attached hydrogens (primary N) is 2. The lowest BCUT2D eigenvalue weighted by Crippen LogP contribution is -2.46. The molecule has 10 heteroatoms. The van der Waals surface area contributed by atoms with E-state index < -0.39 is 17.9 Å². The predicted octanol–water partition coefficient (Wildman–Crippen LogP) is 1.60. The summed E-state index contributed by atoms with van der Waals surface area (Å²) in [5.74, 6) is 6.62. The van der Waals surface area contributed by atoms with Gasteiger partial charge >= 0.3 is 0 Å². The van der Waals surface area contributed by atoms with E-state index in [2.05, 4.69) is 35.0 Å². The number of hydrogen-bond donors (Lipinski definition) is 4. The Labute approximate surface area is 261 Å². The molecule has 0 spiro atoms. The van der Waals surface area contributed by atoms with E-state index in [1.54, 1.807) is 7.05 Å². The molecule has 0 aromatic carbocycles. The smallest absolute Gasteiger partial charge is 0.224 e. The van der Waals surface area contributed by atoms with Gasteiger partial charge in [0.25, 0.3) is 0 Å². The Morgan fingerprint density at radius 1 is 0.738 bits per heavy atom. The fraction of sp³-hybridized carbons (Fsp3) is 0.750. The van der Waals surface area contributed by atoms with E-state index >= 15 is 0 Å². The summed E-state index contributed by atoms with van der Waals surface area (Å²) in [6, 6.07) is -1.09. The van der Waals surface area contributed by atoms with E-state index in [0.29, 0.717) is 56.7 Å². The van der Waals surface area contributed by atoms with Gasteiger partial charge in [0.15, 0.2) is 23.1 Å². The highest BCUT2D eigenvalue weighted by Gasteiger charge is 2.32. The van der Waals surface area contributed by atoms with Crippen molar-refractivity contribution >= 4 is 45.0 Å². The Kier molecular flexibility index (Phi) is 23.5. The van der Waals surface area contributed by atoms with Crippen LogP contribution in [0.2, 0.25) is 0 Å². The number of nitrogens with one attached hydrogen (secondary N) is 2. The van der Waals surface area contributed by atoms with Gasteiger partial charge in [-0.3, -0.25) is 19.2 Å². The van der Waals surface area contributed by atoms with Crippen molar-refractivity contribution in [3.05, 3.63) is 0 Å². The number of Topliss-reactive ketones (excluding diaryl/α,β-unsaturated/α-hetero) is 3. The summed E-state index contributed by atoms with van der Waals surface area (Å²) in [5.41, 5.74) is 11.3. The summed E-state index contributed by atoms with van der Waals surface area (Å²) in [4.78, 5) is 52.9. The molecular formula is C32H56N4O4S2+2. The topological polar surface area (TPSA) is 144 Å². The van der Waals surface area contributed by atoms with Crippen molar-refractivity contribution in [3.8, 4) is 24.7 Å². The molecule has 6 atom stereocenters. The highest BCUT2D eigenvalue weighted by atomic mass is 32.2. The van der Waals surface area contributed by atoms with Gasteiger partial charge in [-0.05, 0) is 81.0 Å². The monoisotopic (exact) mass is 624 g/mol. The number of likely N-dealkylation sites (N-methyl/N-ethyl adjacent to an activating group) is 1. The van der Waals surface area contributed by atoms with E-state index in [4.69, 9.17) is 24.3 Å². The maximum Gasteiger partial charge on any atom is 0.224 e. The molecule has 0 aromatic rings. The quantitative estimate of drug-likeness (QED) is 0.0650. The van der Waals surface area contributed by atoms with Crippen LogP contribution in [0, 0.1) is 36.5 Å². The first-order chi connectivity index (χ1) is 20.0. The summed E-state index contributed by atoms with van der Waals surface area (Å²) < 4.78 is 0. The van der Waals surface area contributed by atoms with Gasteiger partial charge < -0.3 is 22.1 Å². The van der Waals surface area contributed by atoms with Gasteiger partial charge in [0.1, 0.15) is 17.3 Å². The van der Waals surface area contributed by atoms with Crippen LogP contribution in [0.25, 0.3) is 0 Å². The van der Waals surface area contributed by atoms with Gasteiger partial charge in [-0.1, -0.05) is 18.3 Å². The molecule has 0 saturated carbocycles. The molecule has 42 heavy (non-hydrogen) atoms. The van der Waals surface area contributed by atoms with Crippen LogP contribution in [-0.4, -0.2) is 91.0 Å². The average molecular weight is 625 g/mol. The Bertz CT molecular complexity index is 902. The lowest BCUT2D eigenvalue weighted by molar-refractivity contribution is -0.134. The number of amides is 1. The number of ketones is 3. The Hall–Kier alpha value is -1.82. The molecule has 2 unspecified atom stereocenters. The number of hydrogen-bond acceptors (Lipinski definition) is 7. The maximum absolute atomic E-state index is 13.7. The molecule has 0 aromatic heterocycles. The minimum Gasteiger partial charge on any atom is -0.346 e. The first kappa shape index (κ1) is 40.2. The van der Waals surface area contributed by atoms with Crippen LogP contribution in [0.4, 0.5) is 0 Å². The van der Waals surface area contributed by atoms with Crippen LogP contribution in [0.1, 0.15) is 71.1 Å². The molecule has 0 aliphatic heterocycles. The van der Waals surface area contributed by atoms with Crippen molar-refractivity contribution < 1.29 is 19.2 Å². The van der Waals surface area contributed by atoms with Crippen LogP contribution < -0.4 is 22.1 Å². The summed E-state index contributed by atoms with van der Waals surface area (Å²) in [6.07, 6.45) is 20.4. The summed E-state index contributed by atoms with van der Waals surface area (Å²) >= 11 is 0. The van der Waals surface area contributed by atoms with E-state index in [0.717, 1.165) is 30.8 Å². The van der Waals surface area contributed by atoms with Crippen molar-refractivity contribution in [1.29, 1.82) is 0 Å². The molecular weight excluding hydrogens is 569 g/mol. The second-order valence-electron chi connectivity index (χ2n) is 11.1. The molecule has 8 nitrogen and oxygen atoms in total. The Balaban J connectivity index is 5.77. The fourth-order valence-electron chi connectivity index (χ4n) is 4.72. The van der Waals surface area contributed by atoms with Gasteiger partial charge in [0.2, 0.25) is 5.91 Å². The van der Waals surface area contributed by atoms with Gasteiger partial charge in [-0.15, -0.1) is 12.8 Å². The second kappa shape index (κ2) is 24.6. The molecule has 0 radical (unpaired) electrons. The molecule has 0 fully saturated rings. The molecule has 0 bridgehead atoms. The van der Waals surface area contributed by atoms with Crippen molar-refractivity contribution in [1.82, 2.24) is 10.6 Å². The number of carbonyl (C=O) groups is 4. The van der Waals surface area contributed by atoms with Crippen molar-refractivity contribution in [2.45, 2.75) is 83.2 Å². The molecule has 0 rings (SSSR count). The third kappa shape index (κ3) is 18.0.